The van der Waals surface area contributed by atoms with E-state index in [1.54, 1.807) is 7.11 Å². The Bertz CT molecular complexity index is 549. The van der Waals surface area contributed by atoms with Crippen LogP contribution in [0.4, 0.5) is 0 Å². The van der Waals surface area contributed by atoms with Crippen LogP contribution in [0.3, 0.4) is 0 Å². The van der Waals surface area contributed by atoms with Crippen LogP contribution in [-0.4, -0.2) is 27.7 Å². The van der Waals surface area contributed by atoms with Crippen LogP contribution in [0.2, 0.25) is 5.02 Å². The first-order valence-corrected chi connectivity index (χ1v) is 5.81. The summed E-state index contributed by atoms with van der Waals surface area (Å²) in [6, 6.07) is 1.98. The summed E-state index contributed by atoms with van der Waals surface area (Å²) in [6.07, 6.45) is 3.18. The standard InChI is InChI=1S/C11H11ClN4O/c1-17-10-8(12)5-6-3-2-4-7(6)9(10)11-13-15-16-14-11/h5H,2-4H2,1H3,(H,13,14,15,16). The van der Waals surface area contributed by atoms with Crippen molar-refractivity contribution in [2.75, 3.05) is 7.11 Å². The number of nitrogens with zero attached hydrogens (tertiary/aromatic N) is 3. The molecule has 0 aliphatic heterocycles. The van der Waals surface area contributed by atoms with Gasteiger partial charge in [0, 0.05) is 0 Å². The molecule has 0 atom stereocenters. The normalized spacial score (nSPS) is 13.8. The minimum Gasteiger partial charge on any atom is -0.494 e. The summed E-state index contributed by atoms with van der Waals surface area (Å²) in [5.74, 6) is 1.18. The molecule has 1 aliphatic carbocycles. The van der Waals surface area contributed by atoms with Crippen molar-refractivity contribution in [3.8, 4) is 17.1 Å². The molecule has 1 aromatic heterocycles. The number of H-pyrrole nitrogens is 1. The van der Waals surface area contributed by atoms with Crippen LogP contribution in [0, 0.1) is 0 Å². The summed E-state index contributed by atoms with van der Waals surface area (Å²) in [7, 11) is 1.60. The van der Waals surface area contributed by atoms with E-state index in [0.717, 1.165) is 24.8 Å². The number of nitrogens with one attached hydrogen (secondary N) is 1. The van der Waals surface area contributed by atoms with E-state index in [1.807, 2.05) is 6.07 Å². The second-order valence-corrected chi connectivity index (χ2v) is 4.40. The minimum atomic E-state index is 0.544. The molecule has 5 nitrogen and oxygen atoms in total. The molecule has 0 amide bonds. The van der Waals surface area contributed by atoms with Crippen LogP contribution >= 0.6 is 11.6 Å². The molecule has 1 N–H and O–H groups in total. The number of benzene rings is 1. The van der Waals surface area contributed by atoms with Crippen molar-refractivity contribution < 1.29 is 4.74 Å². The van der Waals surface area contributed by atoms with Crippen molar-refractivity contribution in [3.63, 3.8) is 0 Å². The predicted octanol–water partition coefficient (Wildman–Crippen LogP) is 2.02. The van der Waals surface area contributed by atoms with Gasteiger partial charge < -0.3 is 4.74 Å². The lowest BCUT2D eigenvalue weighted by molar-refractivity contribution is 0.416. The number of rotatable bonds is 2. The molecule has 0 bridgehead atoms. The zero-order valence-corrected chi connectivity index (χ0v) is 10.1. The number of hydrogen-bond donors (Lipinski definition) is 1. The van der Waals surface area contributed by atoms with Gasteiger partial charge >= 0.3 is 0 Å². The van der Waals surface area contributed by atoms with Crippen LogP contribution < -0.4 is 4.74 Å². The Hall–Kier alpha value is -1.62. The molecule has 17 heavy (non-hydrogen) atoms. The summed E-state index contributed by atoms with van der Waals surface area (Å²) in [5, 5.41) is 14.7. The Morgan fingerprint density at radius 1 is 1.41 bits per heavy atom. The molecule has 0 saturated carbocycles. The molecular weight excluding hydrogens is 240 g/mol. The Morgan fingerprint density at radius 3 is 3.00 bits per heavy atom. The van der Waals surface area contributed by atoms with Gasteiger partial charge in [-0.1, -0.05) is 11.6 Å². The van der Waals surface area contributed by atoms with Gasteiger partial charge in [0.1, 0.15) is 5.75 Å². The smallest absolute Gasteiger partial charge is 0.208 e. The molecular formula is C11H11ClN4O. The molecule has 88 valence electrons. The van der Waals surface area contributed by atoms with Crippen LogP contribution in [0.5, 0.6) is 5.75 Å². The van der Waals surface area contributed by atoms with Gasteiger partial charge in [-0.2, -0.15) is 5.21 Å². The first-order chi connectivity index (χ1) is 8.31. The Balaban J connectivity index is 2.30. The highest BCUT2D eigenvalue weighted by Gasteiger charge is 2.24. The number of fused-ring (bicyclic) bond motifs is 1. The minimum absolute atomic E-state index is 0.544. The first kappa shape index (κ1) is 10.5. The Labute approximate surface area is 103 Å². The fourth-order valence-electron chi connectivity index (χ4n) is 2.39. The topological polar surface area (TPSA) is 63.7 Å². The van der Waals surface area contributed by atoms with Crippen LogP contribution in [0.15, 0.2) is 6.07 Å². The number of aromatic amines is 1. The SMILES string of the molecule is COc1c(Cl)cc2c(c1-c1nn[nH]n1)CCC2. The highest BCUT2D eigenvalue weighted by Crippen LogP contribution is 2.42. The molecule has 0 fully saturated rings. The monoisotopic (exact) mass is 250 g/mol. The zero-order valence-electron chi connectivity index (χ0n) is 9.33. The van der Waals surface area contributed by atoms with Crippen molar-refractivity contribution >= 4 is 11.6 Å². The fourth-order valence-corrected chi connectivity index (χ4v) is 2.69. The lowest BCUT2D eigenvalue weighted by Gasteiger charge is -2.12. The summed E-state index contributed by atoms with van der Waals surface area (Å²) in [5.41, 5.74) is 3.37. The fraction of sp³-hybridized carbons (Fsp3) is 0.364. The molecule has 6 heteroatoms. The van der Waals surface area contributed by atoms with E-state index >= 15 is 0 Å². The number of ether oxygens (including phenoxy) is 1. The first-order valence-electron chi connectivity index (χ1n) is 5.43. The molecule has 0 spiro atoms. The molecule has 0 saturated heterocycles. The molecule has 1 aromatic carbocycles. The summed E-state index contributed by atoms with van der Waals surface area (Å²) in [6.45, 7) is 0. The van der Waals surface area contributed by atoms with Gasteiger partial charge in [0.05, 0.1) is 17.7 Å². The molecule has 0 radical (unpaired) electrons. The molecule has 1 aliphatic rings. The maximum absolute atomic E-state index is 6.22. The van der Waals surface area contributed by atoms with E-state index in [9.17, 15) is 0 Å². The third-order valence-electron chi connectivity index (χ3n) is 3.08. The highest BCUT2D eigenvalue weighted by molar-refractivity contribution is 6.32. The van der Waals surface area contributed by atoms with E-state index in [2.05, 4.69) is 20.6 Å². The quantitative estimate of drug-likeness (QED) is 0.886. The van der Waals surface area contributed by atoms with E-state index in [4.69, 9.17) is 16.3 Å². The van der Waals surface area contributed by atoms with E-state index in [1.165, 1.54) is 11.1 Å². The second kappa shape index (κ2) is 4.00. The predicted molar refractivity (Wildman–Crippen MR) is 63.2 cm³/mol. The third-order valence-corrected chi connectivity index (χ3v) is 3.36. The number of hydrogen-bond acceptors (Lipinski definition) is 4. The van der Waals surface area contributed by atoms with Crippen molar-refractivity contribution in [2.24, 2.45) is 0 Å². The lowest BCUT2D eigenvalue weighted by Crippen LogP contribution is -1.97. The van der Waals surface area contributed by atoms with Crippen molar-refractivity contribution in [1.82, 2.24) is 20.6 Å². The van der Waals surface area contributed by atoms with Crippen molar-refractivity contribution in [3.05, 3.63) is 22.2 Å². The van der Waals surface area contributed by atoms with E-state index in [-0.39, 0.29) is 0 Å². The molecule has 3 rings (SSSR count). The van der Waals surface area contributed by atoms with Crippen LogP contribution in [-0.2, 0) is 12.8 Å². The number of aromatic nitrogens is 4. The van der Waals surface area contributed by atoms with E-state index in [0.29, 0.717) is 16.6 Å². The van der Waals surface area contributed by atoms with Gasteiger partial charge in [0.15, 0.2) is 0 Å². The van der Waals surface area contributed by atoms with Gasteiger partial charge in [-0.15, -0.1) is 10.2 Å². The zero-order chi connectivity index (χ0) is 11.8. The van der Waals surface area contributed by atoms with Crippen LogP contribution in [0.25, 0.3) is 11.4 Å². The van der Waals surface area contributed by atoms with E-state index < -0.39 is 0 Å². The average molecular weight is 251 g/mol. The number of halogens is 1. The number of methoxy groups -OCH3 is 1. The Kier molecular flexibility index (Phi) is 2.48. The number of aryl methyl sites for hydroxylation is 1. The third kappa shape index (κ3) is 1.58. The maximum atomic E-state index is 6.22. The van der Waals surface area contributed by atoms with Gasteiger partial charge in [0.2, 0.25) is 5.82 Å². The highest BCUT2D eigenvalue weighted by atomic mass is 35.5. The Morgan fingerprint density at radius 2 is 2.29 bits per heavy atom. The lowest BCUT2D eigenvalue weighted by atomic mass is 10.0. The molecule has 0 unspecified atom stereocenters. The summed E-state index contributed by atoms with van der Waals surface area (Å²) >= 11 is 6.22. The summed E-state index contributed by atoms with van der Waals surface area (Å²) in [4.78, 5) is 0. The second-order valence-electron chi connectivity index (χ2n) is 3.99. The van der Waals surface area contributed by atoms with Gasteiger partial charge in [-0.25, -0.2) is 0 Å². The van der Waals surface area contributed by atoms with Crippen molar-refractivity contribution in [1.29, 1.82) is 0 Å². The van der Waals surface area contributed by atoms with Gasteiger partial charge in [-0.05, 0) is 41.7 Å². The summed E-state index contributed by atoms with van der Waals surface area (Å²) < 4.78 is 5.37. The van der Waals surface area contributed by atoms with Gasteiger partial charge in [-0.3, -0.25) is 0 Å². The van der Waals surface area contributed by atoms with Gasteiger partial charge in [0.25, 0.3) is 0 Å². The number of tetrazole rings is 1. The maximum Gasteiger partial charge on any atom is 0.208 e. The average Bonchev–Trinajstić information content (AvgIpc) is 2.97. The largest absolute Gasteiger partial charge is 0.494 e. The van der Waals surface area contributed by atoms with Crippen molar-refractivity contribution in [2.45, 2.75) is 19.3 Å². The van der Waals surface area contributed by atoms with Crippen LogP contribution in [0.1, 0.15) is 17.5 Å². The molecule has 1 heterocycles. The molecule has 2 aromatic rings.